The van der Waals surface area contributed by atoms with Crippen LogP contribution in [-0.2, 0) is 9.59 Å². The van der Waals surface area contributed by atoms with Gasteiger partial charge in [0.05, 0.1) is 5.75 Å². The van der Waals surface area contributed by atoms with Crippen LogP contribution in [0.5, 0.6) is 0 Å². The first-order valence-corrected chi connectivity index (χ1v) is 11.5. The molecule has 1 saturated heterocycles. The fourth-order valence-corrected chi connectivity index (χ4v) is 5.56. The lowest BCUT2D eigenvalue weighted by molar-refractivity contribution is -0.120. The van der Waals surface area contributed by atoms with E-state index in [1.807, 2.05) is 29.2 Å². The Labute approximate surface area is 177 Å². The maximum absolute atomic E-state index is 12.6. The molecule has 2 aromatic carbocycles. The van der Waals surface area contributed by atoms with Crippen molar-refractivity contribution in [3.05, 3.63) is 59.2 Å². The Balaban J connectivity index is 1.50. The molecule has 2 fully saturated rings. The van der Waals surface area contributed by atoms with E-state index in [1.54, 1.807) is 11.8 Å². The molecule has 1 aliphatic carbocycles. The highest BCUT2D eigenvalue weighted by Crippen LogP contribution is 2.42. The summed E-state index contributed by atoms with van der Waals surface area (Å²) >= 11 is 1.65. The van der Waals surface area contributed by atoms with Gasteiger partial charge in [-0.15, -0.1) is 11.8 Å². The van der Waals surface area contributed by atoms with Crippen LogP contribution in [0.25, 0.3) is 0 Å². The molecule has 4 nitrogen and oxygen atoms in total. The van der Waals surface area contributed by atoms with Crippen LogP contribution in [0.2, 0.25) is 0 Å². The van der Waals surface area contributed by atoms with Crippen molar-refractivity contribution in [1.29, 1.82) is 0 Å². The van der Waals surface area contributed by atoms with Gasteiger partial charge in [0, 0.05) is 17.3 Å². The fraction of sp³-hybridized carbons (Fsp3) is 0.417. The first-order chi connectivity index (χ1) is 14.0. The second-order valence-corrected chi connectivity index (χ2v) is 9.29. The Hall–Kier alpha value is -2.27. The third kappa shape index (κ3) is 4.50. The Morgan fingerprint density at radius 3 is 2.31 bits per heavy atom. The number of nitrogens with zero attached hydrogens (tertiary/aromatic N) is 1. The van der Waals surface area contributed by atoms with E-state index in [1.165, 1.54) is 6.42 Å². The predicted octanol–water partition coefficient (Wildman–Crippen LogP) is 5.60. The predicted molar refractivity (Wildman–Crippen MR) is 120 cm³/mol. The summed E-state index contributed by atoms with van der Waals surface area (Å²) in [6.45, 7) is 4.12. The minimum atomic E-state index is -0.0354. The monoisotopic (exact) mass is 408 g/mol. The number of rotatable bonds is 4. The van der Waals surface area contributed by atoms with E-state index in [0.717, 1.165) is 53.7 Å². The maximum atomic E-state index is 12.6. The molecule has 1 saturated carbocycles. The van der Waals surface area contributed by atoms with Gasteiger partial charge in [0.2, 0.25) is 11.8 Å². The highest BCUT2D eigenvalue weighted by atomic mass is 32.2. The number of anilines is 2. The summed E-state index contributed by atoms with van der Waals surface area (Å²) in [5, 5.41) is 3.03. The van der Waals surface area contributed by atoms with Gasteiger partial charge in [0.25, 0.3) is 0 Å². The van der Waals surface area contributed by atoms with Crippen molar-refractivity contribution < 1.29 is 9.59 Å². The molecule has 1 atom stereocenters. The van der Waals surface area contributed by atoms with Crippen molar-refractivity contribution in [2.75, 3.05) is 16.0 Å². The van der Waals surface area contributed by atoms with Gasteiger partial charge in [-0.05, 0) is 67.6 Å². The normalized spacial score (nSPS) is 20.1. The molecule has 0 bridgehead atoms. The summed E-state index contributed by atoms with van der Waals surface area (Å²) in [5.74, 6) is 0.906. The van der Waals surface area contributed by atoms with Crippen LogP contribution >= 0.6 is 11.8 Å². The van der Waals surface area contributed by atoms with E-state index in [-0.39, 0.29) is 23.1 Å². The van der Waals surface area contributed by atoms with Gasteiger partial charge >= 0.3 is 0 Å². The SMILES string of the molecule is Cc1cc(C)cc(N2C(=O)CS[C@H]2c2ccc(NC(=O)C3CCCCC3)cc2)c1. The number of nitrogens with one attached hydrogen (secondary N) is 1. The average molecular weight is 409 g/mol. The molecule has 29 heavy (non-hydrogen) atoms. The standard InChI is InChI=1S/C24H28N2O2S/c1-16-12-17(2)14-21(13-16)26-22(27)15-29-24(26)19-8-10-20(11-9-19)25-23(28)18-6-4-3-5-7-18/h8-14,18,24H,3-7,15H2,1-2H3,(H,25,28)/t24-/m0/s1. The van der Waals surface area contributed by atoms with Crippen molar-refractivity contribution in [2.24, 2.45) is 5.92 Å². The van der Waals surface area contributed by atoms with Crippen LogP contribution in [-0.4, -0.2) is 17.6 Å². The smallest absolute Gasteiger partial charge is 0.238 e. The minimum absolute atomic E-state index is 0.0354. The van der Waals surface area contributed by atoms with E-state index in [4.69, 9.17) is 0 Å². The number of carbonyl (C=O) groups is 2. The van der Waals surface area contributed by atoms with E-state index in [9.17, 15) is 9.59 Å². The zero-order chi connectivity index (χ0) is 20.4. The Bertz CT molecular complexity index is 883. The van der Waals surface area contributed by atoms with Crippen LogP contribution in [0, 0.1) is 19.8 Å². The lowest BCUT2D eigenvalue weighted by atomic mass is 9.88. The Morgan fingerprint density at radius 1 is 1.00 bits per heavy atom. The molecule has 0 aromatic heterocycles. The molecule has 0 unspecified atom stereocenters. The largest absolute Gasteiger partial charge is 0.326 e. The van der Waals surface area contributed by atoms with E-state index in [0.29, 0.717) is 5.75 Å². The zero-order valence-corrected chi connectivity index (χ0v) is 17.9. The molecule has 1 heterocycles. The van der Waals surface area contributed by atoms with Crippen LogP contribution in [0.1, 0.15) is 54.2 Å². The zero-order valence-electron chi connectivity index (χ0n) is 17.1. The summed E-state index contributed by atoms with van der Waals surface area (Å²) in [5.41, 5.74) is 5.18. The van der Waals surface area contributed by atoms with Crippen LogP contribution in [0.3, 0.4) is 0 Å². The quantitative estimate of drug-likeness (QED) is 0.716. The van der Waals surface area contributed by atoms with Gasteiger partial charge in [-0.25, -0.2) is 0 Å². The summed E-state index contributed by atoms with van der Waals surface area (Å²) in [6.07, 6.45) is 5.54. The van der Waals surface area contributed by atoms with E-state index in [2.05, 4.69) is 37.4 Å². The molecule has 0 spiro atoms. The van der Waals surface area contributed by atoms with Crippen molar-refractivity contribution in [2.45, 2.75) is 51.3 Å². The van der Waals surface area contributed by atoms with Crippen LogP contribution < -0.4 is 10.2 Å². The molecule has 0 radical (unpaired) electrons. The van der Waals surface area contributed by atoms with Crippen molar-refractivity contribution in [1.82, 2.24) is 0 Å². The fourth-order valence-electron chi connectivity index (χ4n) is 4.38. The van der Waals surface area contributed by atoms with Gasteiger partial charge < -0.3 is 5.32 Å². The number of amides is 2. The van der Waals surface area contributed by atoms with Gasteiger partial charge in [-0.2, -0.15) is 0 Å². The number of carbonyl (C=O) groups excluding carboxylic acids is 2. The van der Waals surface area contributed by atoms with Crippen LogP contribution in [0.4, 0.5) is 11.4 Å². The van der Waals surface area contributed by atoms with Crippen molar-refractivity contribution >= 4 is 35.0 Å². The molecule has 1 N–H and O–H groups in total. The van der Waals surface area contributed by atoms with Crippen LogP contribution in [0.15, 0.2) is 42.5 Å². The topological polar surface area (TPSA) is 49.4 Å². The van der Waals surface area contributed by atoms with Crippen molar-refractivity contribution in [3.8, 4) is 0 Å². The highest BCUT2D eigenvalue weighted by molar-refractivity contribution is 8.00. The van der Waals surface area contributed by atoms with Crippen molar-refractivity contribution in [3.63, 3.8) is 0 Å². The third-order valence-corrected chi connectivity index (χ3v) is 7.00. The molecule has 152 valence electrons. The second-order valence-electron chi connectivity index (χ2n) is 8.22. The molecule has 2 aliphatic rings. The lowest BCUT2D eigenvalue weighted by Gasteiger charge is -2.25. The Morgan fingerprint density at radius 2 is 1.66 bits per heavy atom. The summed E-state index contributed by atoms with van der Waals surface area (Å²) < 4.78 is 0. The highest BCUT2D eigenvalue weighted by Gasteiger charge is 2.34. The van der Waals surface area contributed by atoms with E-state index < -0.39 is 0 Å². The average Bonchev–Trinajstić information content (AvgIpc) is 3.10. The van der Waals surface area contributed by atoms with Gasteiger partial charge in [0.15, 0.2) is 0 Å². The lowest BCUT2D eigenvalue weighted by Crippen LogP contribution is -2.28. The Kier molecular flexibility index (Phi) is 5.95. The number of hydrogen-bond acceptors (Lipinski definition) is 3. The molecule has 5 heteroatoms. The first-order valence-electron chi connectivity index (χ1n) is 10.4. The molecule has 2 aromatic rings. The van der Waals surface area contributed by atoms with E-state index >= 15 is 0 Å². The molecule has 2 amide bonds. The minimum Gasteiger partial charge on any atom is -0.326 e. The molecular formula is C24H28N2O2S. The number of thioether (sulfide) groups is 1. The molecule has 1 aliphatic heterocycles. The number of aryl methyl sites for hydroxylation is 2. The first kappa shape index (κ1) is 20.0. The summed E-state index contributed by atoms with van der Waals surface area (Å²) in [4.78, 5) is 27.0. The number of hydrogen-bond donors (Lipinski definition) is 1. The second kappa shape index (κ2) is 8.62. The molecule has 4 rings (SSSR count). The molecular weight excluding hydrogens is 380 g/mol. The van der Waals surface area contributed by atoms with Gasteiger partial charge in [0.1, 0.15) is 5.37 Å². The van der Waals surface area contributed by atoms with Gasteiger partial charge in [-0.1, -0.05) is 37.5 Å². The maximum Gasteiger partial charge on any atom is 0.238 e. The number of benzene rings is 2. The third-order valence-electron chi connectivity index (χ3n) is 5.79. The summed E-state index contributed by atoms with van der Waals surface area (Å²) in [7, 11) is 0. The summed E-state index contributed by atoms with van der Waals surface area (Å²) in [6, 6.07) is 14.2. The van der Waals surface area contributed by atoms with Gasteiger partial charge in [-0.3, -0.25) is 14.5 Å².